The van der Waals surface area contributed by atoms with Gasteiger partial charge < -0.3 is 4.74 Å². The summed E-state index contributed by atoms with van der Waals surface area (Å²) in [6.07, 6.45) is 0. The molecule has 0 fully saturated rings. The van der Waals surface area contributed by atoms with Gasteiger partial charge >= 0.3 is 5.97 Å². The zero-order valence-corrected chi connectivity index (χ0v) is 6.83. The Bertz CT molecular complexity index is 85.4. The van der Waals surface area contributed by atoms with Crippen LogP contribution in [0.5, 0.6) is 0 Å². The molecule has 5 heteroatoms. The van der Waals surface area contributed by atoms with Crippen molar-refractivity contribution >= 4 is 45.1 Å². The first-order chi connectivity index (χ1) is 3.66. The average molecular weight is 222 g/mol. The summed E-state index contributed by atoms with van der Waals surface area (Å²) in [6.45, 7) is 0. The number of hydrogen-bond donors (Lipinski definition) is 0. The van der Waals surface area contributed by atoms with Crippen LogP contribution in [-0.2, 0) is 9.53 Å². The number of rotatable bonds is 2. The van der Waals surface area contributed by atoms with E-state index >= 15 is 0 Å². The fourth-order valence-electron chi connectivity index (χ4n) is 0.131. The predicted octanol–water partition coefficient (Wildman–Crippen LogP) is 1.69. The summed E-state index contributed by atoms with van der Waals surface area (Å²) in [4.78, 5) is 10.2. The van der Waals surface area contributed by atoms with Crippen molar-refractivity contribution in [2.45, 2.75) is 5.02 Å². The maximum absolute atomic E-state index is 10.2. The molecule has 0 bridgehead atoms. The minimum absolute atomic E-state index is 0.114. The fourth-order valence-corrected chi connectivity index (χ4v) is 0.462. The van der Waals surface area contributed by atoms with Gasteiger partial charge in [-0.3, -0.25) is 4.79 Å². The van der Waals surface area contributed by atoms with Gasteiger partial charge in [0.05, 0.1) is 0 Å². The van der Waals surface area contributed by atoms with Gasteiger partial charge in [0, 0.05) is 0 Å². The van der Waals surface area contributed by atoms with Crippen molar-refractivity contribution in [1.29, 1.82) is 0 Å². The average Bonchev–Trinajstić information content (AvgIpc) is 1.65. The van der Waals surface area contributed by atoms with Gasteiger partial charge in [-0.15, -0.1) is 0 Å². The second-order valence-corrected chi connectivity index (χ2v) is 2.46. The van der Waals surface area contributed by atoms with Gasteiger partial charge in [-0.2, -0.15) is 0 Å². The van der Waals surface area contributed by atoms with Crippen molar-refractivity contribution in [1.82, 2.24) is 0 Å². The van der Waals surface area contributed by atoms with E-state index < -0.39 is 11.0 Å². The Hall–Kier alpha value is 0.530. The Labute approximate surface area is 65.2 Å². The molecule has 0 aromatic carbocycles. The van der Waals surface area contributed by atoms with Crippen LogP contribution in [0.15, 0.2) is 0 Å². The molecule has 0 spiro atoms. The van der Waals surface area contributed by atoms with Gasteiger partial charge in [-0.1, -0.05) is 39.1 Å². The van der Waals surface area contributed by atoms with Crippen LogP contribution in [0.4, 0.5) is 0 Å². The van der Waals surface area contributed by atoms with E-state index in [-0.39, 0.29) is 5.33 Å². The van der Waals surface area contributed by atoms with E-state index in [1.165, 1.54) is 0 Å². The van der Waals surface area contributed by atoms with Crippen LogP contribution in [0.1, 0.15) is 0 Å². The first kappa shape index (κ1) is 8.53. The summed E-state index contributed by atoms with van der Waals surface area (Å²) in [5, 5.41) is -0.941. The lowest BCUT2D eigenvalue weighted by atomic mass is 10.8. The molecule has 0 aliphatic carbocycles. The van der Waals surface area contributed by atoms with Crippen molar-refractivity contribution in [3.05, 3.63) is 0 Å². The SMILES string of the molecule is O=C(CBr)OC(Cl)Cl. The molecule has 8 heavy (non-hydrogen) atoms. The highest BCUT2D eigenvalue weighted by atomic mass is 79.9. The fraction of sp³-hybridized carbons (Fsp3) is 0.667. The van der Waals surface area contributed by atoms with Crippen molar-refractivity contribution in [3.63, 3.8) is 0 Å². The highest BCUT2D eigenvalue weighted by Crippen LogP contribution is 2.03. The number of hydrogen-bond acceptors (Lipinski definition) is 2. The van der Waals surface area contributed by atoms with Gasteiger partial charge in [0.15, 0.2) is 0 Å². The van der Waals surface area contributed by atoms with Crippen LogP contribution in [-0.4, -0.2) is 16.3 Å². The van der Waals surface area contributed by atoms with E-state index in [1.807, 2.05) is 0 Å². The highest BCUT2D eigenvalue weighted by molar-refractivity contribution is 9.09. The largest absolute Gasteiger partial charge is 0.431 e. The predicted molar refractivity (Wildman–Crippen MR) is 35.4 cm³/mol. The van der Waals surface area contributed by atoms with Crippen molar-refractivity contribution in [3.8, 4) is 0 Å². The van der Waals surface area contributed by atoms with E-state index in [1.54, 1.807) is 0 Å². The van der Waals surface area contributed by atoms with Crippen LogP contribution in [0, 0.1) is 0 Å². The van der Waals surface area contributed by atoms with E-state index in [0.29, 0.717) is 0 Å². The number of alkyl halides is 3. The molecule has 48 valence electrons. The molecule has 2 nitrogen and oxygen atoms in total. The minimum atomic E-state index is -1.06. The number of esters is 1. The normalized spacial score (nSPS) is 9.50. The molecule has 0 aromatic heterocycles. The smallest absolute Gasteiger partial charge is 0.318 e. The molecule has 0 aliphatic rings. The summed E-state index contributed by atoms with van der Waals surface area (Å²) in [6, 6.07) is 0. The molecule has 0 rings (SSSR count). The van der Waals surface area contributed by atoms with Crippen LogP contribution in [0.25, 0.3) is 0 Å². The molecule has 0 N–H and O–H groups in total. The molecule has 0 aliphatic heterocycles. The van der Waals surface area contributed by atoms with Crippen LogP contribution >= 0.6 is 39.1 Å². The van der Waals surface area contributed by atoms with Gasteiger partial charge in [0.2, 0.25) is 0 Å². The Morgan fingerprint density at radius 3 is 2.38 bits per heavy atom. The lowest BCUT2D eigenvalue weighted by molar-refractivity contribution is -0.139. The van der Waals surface area contributed by atoms with Crippen LogP contribution in [0.2, 0.25) is 0 Å². The minimum Gasteiger partial charge on any atom is -0.431 e. The third-order valence-corrected chi connectivity index (χ3v) is 0.966. The maximum Gasteiger partial charge on any atom is 0.318 e. The first-order valence-corrected chi connectivity index (χ1v) is 3.70. The lowest BCUT2D eigenvalue weighted by Crippen LogP contribution is -2.07. The first-order valence-electron chi connectivity index (χ1n) is 1.70. The second kappa shape index (κ2) is 4.41. The third-order valence-electron chi connectivity index (χ3n) is 0.330. The molecule has 0 saturated carbocycles. The van der Waals surface area contributed by atoms with Gasteiger partial charge in [-0.25, -0.2) is 0 Å². The number of carbonyl (C=O) groups excluding carboxylic acids is 1. The summed E-state index contributed by atoms with van der Waals surface area (Å²) in [5.74, 6) is -0.472. The molecule has 0 atom stereocenters. The second-order valence-electron chi connectivity index (χ2n) is 0.884. The van der Waals surface area contributed by atoms with Crippen LogP contribution in [0.3, 0.4) is 0 Å². The zero-order valence-electron chi connectivity index (χ0n) is 3.73. The Morgan fingerprint density at radius 2 is 2.25 bits per heavy atom. The lowest BCUT2D eigenvalue weighted by Gasteiger charge is -1.99. The number of carbonyl (C=O) groups is 1. The van der Waals surface area contributed by atoms with Gasteiger partial charge in [0.1, 0.15) is 5.33 Å². The monoisotopic (exact) mass is 220 g/mol. The number of ether oxygens (including phenoxy) is 1. The summed E-state index contributed by atoms with van der Waals surface area (Å²) >= 11 is 13.0. The molecule has 0 heterocycles. The molecule has 0 aromatic rings. The summed E-state index contributed by atoms with van der Waals surface area (Å²) in [5.41, 5.74) is 0. The Kier molecular flexibility index (Phi) is 4.71. The van der Waals surface area contributed by atoms with Gasteiger partial charge in [0.25, 0.3) is 5.02 Å². The molecular formula is C3H3BrCl2O2. The topological polar surface area (TPSA) is 26.3 Å². The van der Waals surface area contributed by atoms with Crippen molar-refractivity contribution in [2.75, 3.05) is 5.33 Å². The molecule has 0 unspecified atom stereocenters. The molecule has 0 radical (unpaired) electrons. The van der Waals surface area contributed by atoms with Crippen molar-refractivity contribution in [2.24, 2.45) is 0 Å². The standard InChI is InChI=1S/C3H3BrCl2O2/c4-1-2(7)8-3(5)6/h3H,1H2. The third kappa shape index (κ3) is 4.68. The summed E-state index contributed by atoms with van der Waals surface area (Å²) in [7, 11) is 0. The summed E-state index contributed by atoms with van der Waals surface area (Å²) < 4.78 is 4.24. The molecular weight excluding hydrogens is 219 g/mol. The maximum atomic E-state index is 10.2. The van der Waals surface area contributed by atoms with E-state index in [2.05, 4.69) is 20.7 Å². The Morgan fingerprint density at radius 1 is 1.75 bits per heavy atom. The molecule has 0 amide bonds. The van der Waals surface area contributed by atoms with Gasteiger partial charge in [-0.05, 0) is 0 Å². The molecule has 0 saturated heterocycles. The van der Waals surface area contributed by atoms with E-state index in [0.717, 1.165) is 0 Å². The zero-order chi connectivity index (χ0) is 6.57. The van der Waals surface area contributed by atoms with E-state index in [9.17, 15) is 4.79 Å². The van der Waals surface area contributed by atoms with Crippen molar-refractivity contribution < 1.29 is 9.53 Å². The quantitative estimate of drug-likeness (QED) is 0.524. The number of halogens is 3. The van der Waals surface area contributed by atoms with Crippen LogP contribution < -0.4 is 0 Å². The van der Waals surface area contributed by atoms with E-state index in [4.69, 9.17) is 23.2 Å². The highest BCUT2D eigenvalue weighted by Gasteiger charge is 2.03. The Balaban J connectivity index is 3.25.